The van der Waals surface area contributed by atoms with E-state index in [4.69, 9.17) is 4.74 Å². The van der Waals surface area contributed by atoms with Crippen molar-refractivity contribution in [2.75, 3.05) is 7.11 Å². The highest BCUT2D eigenvalue weighted by Crippen LogP contribution is 2.28. The third-order valence-electron chi connectivity index (χ3n) is 1.80. The van der Waals surface area contributed by atoms with Crippen LogP contribution in [0.25, 0.3) is 5.65 Å². The van der Waals surface area contributed by atoms with Crippen molar-refractivity contribution in [3.05, 3.63) is 24.0 Å². The SMILES string of the molecule is COc1ccc2nc(C(F)(F)F)cn2n1. The molecule has 0 bridgehead atoms. The van der Waals surface area contributed by atoms with Gasteiger partial charge in [0.25, 0.3) is 0 Å². The molecular formula is C8H6F3N3O. The molecule has 0 aromatic carbocycles. The first-order valence-electron chi connectivity index (χ1n) is 3.98. The predicted molar refractivity (Wildman–Crippen MR) is 44.5 cm³/mol. The number of rotatable bonds is 1. The number of hydrogen-bond acceptors (Lipinski definition) is 3. The Morgan fingerprint density at radius 2 is 2.07 bits per heavy atom. The van der Waals surface area contributed by atoms with Crippen molar-refractivity contribution >= 4 is 5.65 Å². The molecule has 4 nitrogen and oxygen atoms in total. The average Bonchev–Trinajstić information content (AvgIpc) is 2.59. The predicted octanol–water partition coefficient (Wildman–Crippen LogP) is 1.76. The average molecular weight is 217 g/mol. The summed E-state index contributed by atoms with van der Waals surface area (Å²) in [6.45, 7) is 0. The summed E-state index contributed by atoms with van der Waals surface area (Å²) in [6.07, 6.45) is -3.64. The van der Waals surface area contributed by atoms with Gasteiger partial charge in [-0.3, -0.25) is 0 Å². The molecule has 7 heteroatoms. The summed E-state index contributed by atoms with van der Waals surface area (Å²) in [5.41, 5.74) is -0.841. The van der Waals surface area contributed by atoms with Crippen LogP contribution in [-0.2, 0) is 6.18 Å². The van der Waals surface area contributed by atoms with E-state index in [0.29, 0.717) is 0 Å². The zero-order chi connectivity index (χ0) is 11.1. The van der Waals surface area contributed by atoms with Crippen molar-refractivity contribution < 1.29 is 17.9 Å². The topological polar surface area (TPSA) is 39.4 Å². The number of nitrogens with zero attached hydrogens (tertiary/aromatic N) is 3. The second-order valence-corrected chi connectivity index (χ2v) is 2.80. The fraction of sp³-hybridized carbons (Fsp3) is 0.250. The van der Waals surface area contributed by atoms with E-state index in [1.54, 1.807) is 0 Å². The lowest BCUT2D eigenvalue weighted by atomic mass is 10.5. The Hall–Kier alpha value is -1.79. The highest BCUT2D eigenvalue weighted by atomic mass is 19.4. The van der Waals surface area contributed by atoms with Crippen LogP contribution in [0, 0.1) is 0 Å². The molecule has 0 atom stereocenters. The molecule has 0 spiro atoms. The Morgan fingerprint density at radius 3 is 2.67 bits per heavy atom. The number of halogens is 3. The fourth-order valence-corrected chi connectivity index (χ4v) is 1.11. The number of hydrogen-bond donors (Lipinski definition) is 0. The molecule has 2 heterocycles. The first kappa shape index (κ1) is 9.75. The first-order chi connectivity index (χ1) is 7.00. The van der Waals surface area contributed by atoms with Crippen LogP contribution in [0.4, 0.5) is 13.2 Å². The largest absolute Gasteiger partial charge is 0.480 e. The molecule has 0 saturated heterocycles. The van der Waals surface area contributed by atoms with Gasteiger partial charge in [0.05, 0.1) is 13.3 Å². The van der Waals surface area contributed by atoms with Crippen molar-refractivity contribution in [1.29, 1.82) is 0 Å². The molecule has 0 radical (unpaired) electrons. The van der Waals surface area contributed by atoms with Crippen LogP contribution in [0.5, 0.6) is 5.88 Å². The maximum absolute atomic E-state index is 12.3. The smallest absolute Gasteiger partial charge is 0.434 e. The Kier molecular flexibility index (Phi) is 2.02. The molecule has 0 aliphatic carbocycles. The minimum Gasteiger partial charge on any atom is -0.480 e. The zero-order valence-electron chi connectivity index (χ0n) is 7.62. The molecule has 2 aromatic heterocycles. The number of alkyl halides is 3. The Bertz CT molecular complexity index is 491. The van der Waals surface area contributed by atoms with E-state index < -0.39 is 11.9 Å². The van der Waals surface area contributed by atoms with Gasteiger partial charge in [-0.25, -0.2) is 9.50 Å². The van der Waals surface area contributed by atoms with Crippen LogP contribution in [0.2, 0.25) is 0 Å². The highest BCUT2D eigenvalue weighted by molar-refractivity contribution is 5.40. The molecule has 2 aromatic rings. The molecule has 0 amide bonds. The standard InChI is InChI=1S/C8H6F3N3O/c1-15-7-3-2-6-12-5(8(9,10)11)4-14(6)13-7/h2-4H,1H3. The van der Waals surface area contributed by atoms with Gasteiger partial charge in [0, 0.05) is 6.07 Å². The van der Waals surface area contributed by atoms with Crippen molar-refractivity contribution in [2.45, 2.75) is 6.18 Å². The fourth-order valence-electron chi connectivity index (χ4n) is 1.11. The molecule has 0 N–H and O–H groups in total. The molecule has 0 unspecified atom stereocenters. The van der Waals surface area contributed by atoms with Gasteiger partial charge in [0.15, 0.2) is 11.3 Å². The maximum Gasteiger partial charge on any atom is 0.434 e. The number of ether oxygens (including phenoxy) is 1. The van der Waals surface area contributed by atoms with E-state index in [1.807, 2.05) is 0 Å². The van der Waals surface area contributed by atoms with E-state index in [1.165, 1.54) is 19.2 Å². The van der Waals surface area contributed by atoms with Crippen LogP contribution < -0.4 is 4.74 Å². The second kappa shape index (κ2) is 3.11. The lowest BCUT2D eigenvalue weighted by molar-refractivity contribution is -0.140. The summed E-state index contributed by atoms with van der Waals surface area (Å²) < 4.78 is 42.6. The summed E-state index contributed by atoms with van der Waals surface area (Å²) in [5, 5.41) is 3.76. The minimum absolute atomic E-state index is 0.128. The molecule has 80 valence electrons. The number of methoxy groups -OCH3 is 1. The first-order valence-corrected chi connectivity index (χ1v) is 3.98. The van der Waals surface area contributed by atoms with E-state index >= 15 is 0 Å². The van der Waals surface area contributed by atoms with E-state index in [9.17, 15) is 13.2 Å². The van der Waals surface area contributed by atoms with Crippen LogP contribution in [0.15, 0.2) is 18.3 Å². The van der Waals surface area contributed by atoms with Crippen molar-refractivity contribution in [3.63, 3.8) is 0 Å². The maximum atomic E-state index is 12.3. The van der Waals surface area contributed by atoms with Crippen molar-refractivity contribution in [2.24, 2.45) is 0 Å². The summed E-state index contributed by atoms with van der Waals surface area (Å²) in [7, 11) is 1.38. The Morgan fingerprint density at radius 1 is 1.33 bits per heavy atom. The monoisotopic (exact) mass is 217 g/mol. The summed E-state index contributed by atoms with van der Waals surface area (Å²) >= 11 is 0. The van der Waals surface area contributed by atoms with E-state index in [0.717, 1.165) is 10.7 Å². The van der Waals surface area contributed by atoms with Crippen molar-refractivity contribution in [3.8, 4) is 5.88 Å². The van der Waals surface area contributed by atoms with E-state index in [-0.39, 0.29) is 11.5 Å². The molecular weight excluding hydrogens is 211 g/mol. The quantitative estimate of drug-likeness (QED) is 0.730. The molecule has 0 aliphatic rings. The lowest BCUT2D eigenvalue weighted by Crippen LogP contribution is -2.04. The van der Waals surface area contributed by atoms with Crippen LogP contribution >= 0.6 is 0 Å². The van der Waals surface area contributed by atoms with Gasteiger partial charge < -0.3 is 4.74 Å². The van der Waals surface area contributed by atoms with Crippen LogP contribution in [-0.4, -0.2) is 21.7 Å². The summed E-state index contributed by atoms with van der Waals surface area (Å²) in [6, 6.07) is 2.85. The summed E-state index contributed by atoms with van der Waals surface area (Å²) in [5.74, 6) is 0.230. The van der Waals surface area contributed by atoms with E-state index in [2.05, 4.69) is 10.1 Å². The molecule has 15 heavy (non-hydrogen) atoms. The van der Waals surface area contributed by atoms with Crippen molar-refractivity contribution in [1.82, 2.24) is 14.6 Å². The van der Waals surface area contributed by atoms with Gasteiger partial charge in [-0.2, -0.15) is 13.2 Å². The molecule has 0 saturated carbocycles. The molecule has 2 rings (SSSR count). The second-order valence-electron chi connectivity index (χ2n) is 2.80. The van der Waals surface area contributed by atoms with Crippen LogP contribution in [0.1, 0.15) is 5.69 Å². The molecule has 0 fully saturated rings. The lowest BCUT2D eigenvalue weighted by Gasteiger charge is -1.98. The zero-order valence-corrected chi connectivity index (χ0v) is 7.62. The number of aromatic nitrogens is 3. The molecule has 0 aliphatic heterocycles. The van der Waals surface area contributed by atoms with Gasteiger partial charge in [-0.15, -0.1) is 5.10 Å². The van der Waals surface area contributed by atoms with Gasteiger partial charge in [-0.1, -0.05) is 0 Å². The minimum atomic E-state index is -4.46. The number of fused-ring (bicyclic) bond motifs is 1. The van der Waals surface area contributed by atoms with Gasteiger partial charge >= 0.3 is 6.18 Å². The third kappa shape index (κ3) is 1.72. The Labute approximate surface area is 82.3 Å². The number of imidazole rings is 1. The Balaban J connectivity index is 2.56. The summed E-state index contributed by atoms with van der Waals surface area (Å²) in [4.78, 5) is 3.38. The van der Waals surface area contributed by atoms with Gasteiger partial charge in [-0.05, 0) is 6.07 Å². The third-order valence-corrected chi connectivity index (χ3v) is 1.80. The highest BCUT2D eigenvalue weighted by Gasteiger charge is 2.34. The van der Waals surface area contributed by atoms with Gasteiger partial charge in [0.2, 0.25) is 5.88 Å². The van der Waals surface area contributed by atoms with Gasteiger partial charge in [0.1, 0.15) is 0 Å². The van der Waals surface area contributed by atoms with Crippen LogP contribution in [0.3, 0.4) is 0 Å². The normalized spacial score (nSPS) is 12.0.